The molecule has 20 heavy (non-hydrogen) atoms. The number of urea groups is 1. The van der Waals surface area contributed by atoms with E-state index in [1.165, 1.54) is 5.57 Å². The Labute approximate surface area is 124 Å². The number of carbonyl (C=O) groups is 1. The van der Waals surface area contributed by atoms with Gasteiger partial charge in [0, 0.05) is 39.3 Å². The summed E-state index contributed by atoms with van der Waals surface area (Å²) in [7, 11) is 1.89. The van der Waals surface area contributed by atoms with Gasteiger partial charge in [-0.05, 0) is 25.7 Å². The van der Waals surface area contributed by atoms with Crippen molar-refractivity contribution in [1.29, 1.82) is 0 Å². The van der Waals surface area contributed by atoms with E-state index >= 15 is 0 Å². The van der Waals surface area contributed by atoms with Crippen molar-refractivity contribution in [1.82, 2.24) is 15.1 Å². The molecule has 4 heteroatoms. The number of carbonyl (C=O) groups excluding carboxylic acids is 1. The monoisotopic (exact) mass is 281 g/mol. The average Bonchev–Trinajstić information content (AvgIpc) is 2.40. The molecule has 1 saturated heterocycles. The van der Waals surface area contributed by atoms with Crippen LogP contribution in [0.4, 0.5) is 4.79 Å². The van der Waals surface area contributed by atoms with Gasteiger partial charge in [-0.15, -0.1) is 0 Å². The first-order valence-electron chi connectivity index (χ1n) is 7.80. The summed E-state index contributed by atoms with van der Waals surface area (Å²) in [4.78, 5) is 16.3. The molecule has 0 aromatic heterocycles. The highest BCUT2D eigenvalue weighted by Crippen LogP contribution is 2.12. The smallest absolute Gasteiger partial charge is 0.317 e. The van der Waals surface area contributed by atoms with Crippen LogP contribution in [0, 0.1) is 5.92 Å². The first-order chi connectivity index (χ1) is 9.42. The summed E-state index contributed by atoms with van der Waals surface area (Å²) in [6.45, 7) is 14.3. The van der Waals surface area contributed by atoms with Gasteiger partial charge in [0.1, 0.15) is 0 Å². The third-order valence-corrected chi connectivity index (χ3v) is 4.04. The maximum atomic E-state index is 12.1. The minimum atomic E-state index is 0.0728. The third kappa shape index (κ3) is 5.95. The molecule has 0 bridgehead atoms. The standard InChI is InChI=1S/C16H31N3O/c1-6-14(4)12-18(5)16(20)17-15-7-9-19(10-8-15)11-13(2)3/h14-15H,2,6-12H2,1,3-5H3,(H,17,20). The second-order valence-electron chi connectivity index (χ2n) is 6.35. The van der Waals surface area contributed by atoms with Gasteiger partial charge < -0.3 is 10.2 Å². The van der Waals surface area contributed by atoms with Gasteiger partial charge in [0.2, 0.25) is 0 Å². The summed E-state index contributed by atoms with van der Waals surface area (Å²) in [5.41, 5.74) is 1.21. The molecule has 1 aliphatic rings. The molecule has 0 saturated carbocycles. The largest absolute Gasteiger partial charge is 0.335 e. The molecule has 1 fully saturated rings. The lowest BCUT2D eigenvalue weighted by molar-refractivity contribution is 0.179. The van der Waals surface area contributed by atoms with Crippen LogP contribution in [0.5, 0.6) is 0 Å². The lowest BCUT2D eigenvalue weighted by Gasteiger charge is -2.33. The van der Waals surface area contributed by atoms with Gasteiger partial charge in [-0.1, -0.05) is 32.4 Å². The van der Waals surface area contributed by atoms with Gasteiger partial charge in [-0.25, -0.2) is 4.79 Å². The number of rotatable bonds is 6. The van der Waals surface area contributed by atoms with Crippen LogP contribution in [0.1, 0.15) is 40.0 Å². The van der Waals surface area contributed by atoms with Gasteiger partial charge in [0.25, 0.3) is 0 Å². The van der Waals surface area contributed by atoms with E-state index < -0.39 is 0 Å². The van der Waals surface area contributed by atoms with Crippen molar-refractivity contribution in [2.24, 2.45) is 5.92 Å². The van der Waals surface area contributed by atoms with E-state index in [2.05, 4.69) is 37.6 Å². The quantitative estimate of drug-likeness (QED) is 0.760. The lowest BCUT2D eigenvalue weighted by atomic mass is 10.0. The molecular formula is C16H31N3O. The van der Waals surface area contributed by atoms with E-state index in [9.17, 15) is 4.79 Å². The molecule has 1 N–H and O–H groups in total. The van der Waals surface area contributed by atoms with E-state index in [0.29, 0.717) is 12.0 Å². The molecule has 0 spiro atoms. The van der Waals surface area contributed by atoms with E-state index in [0.717, 1.165) is 45.4 Å². The van der Waals surface area contributed by atoms with Crippen molar-refractivity contribution in [2.45, 2.75) is 46.1 Å². The normalized spacial score (nSPS) is 18.6. The van der Waals surface area contributed by atoms with Gasteiger partial charge in [0.15, 0.2) is 0 Å². The average molecular weight is 281 g/mol. The van der Waals surface area contributed by atoms with Crippen LogP contribution < -0.4 is 5.32 Å². The predicted molar refractivity (Wildman–Crippen MR) is 84.9 cm³/mol. The Hall–Kier alpha value is -1.03. The van der Waals surface area contributed by atoms with E-state index in [-0.39, 0.29) is 6.03 Å². The Morgan fingerprint density at radius 2 is 2.05 bits per heavy atom. The molecule has 0 radical (unpaired) electrons. The van der Waals surface area contributed by atoms with E-state index in [1.54, 1.807) is 0 Å². The second kappa shape index (κ2) is 8.30. The highest BCUT2D eigenvalue weighted by Gasteiger charge is 2.22. The van der Waals surface area contributed by atoms with Crippen LogP contribution in [0.2, 0.25) is 0 Å². The fraction of sp³-hybridized carbons (Fsp3) is 0.812. The number of hydrogen-bond donors (Lipinski definition) is 1. The zero-order chi connectivity index (χ0) is 15.1. The van der Waals surface area contributed by atoms with Crippen molar-refractivity contribution in [3.63, 3.8) is 0 Å². The summed E-state index contributed by atoms with van der Waals surface area (Å²) in [5, 5.41) is 3.16. The highest BCUT2D eigenvalue weighted by molar-refractivity contribution is 5.74. The molecule has 1 unspecified atom stereocenters. The summed E-state index contributed by atoms with van der Waals surface area (Å²) >= 11 is 0. The maximum absolute atomic E-state index is 12.1. The van der Waals surface area contributed by atoms with Crippen molar-refractivity contribution in [3.05, 3.63) is 12.2 Å². The molecule has 2 amide bonds. The summed E-state index contributed by atoms with van der Waals surface area (Å²) < 4.78 is 0. The zero-order valence-electron chi connectivity index (χ0n) is 13.6. The number of nitrogens with zero attached hydrogens (tertiary/aromatic N) is 2. The second-order valence-corrected chi connectivity index (χ2v) is 6.35. The molecular weight excluding hydrogens is 250 g/mol. The van der Waals surface area contributed by atoms with Crippen LogP contribution in [0.3, 0.4) is 0 Å². The van der Waals surface area contributed by atoms with Crippen LogP contribution in [-0.2, 0) is 0 Å². The lowest BCUT2D eigenvalue weighted by Crippen LogP contribution is -2.49. The van der Waals surface area contributed by atoms with E-state index in [4.69, 9.17) is 0 Å². The Balaban J connectivity index is 2.29. The molecule has 116 valence electrons. The van der Waals surface area contributed by atoms with Crippen molar-refractivity contribution >= 4 is 6.03 Å². The predicted octanol–water partition coefficient (Wildman–Crippen LogP) is 2.71. The topological polar surface area (TPSA) is 35.6 Å². The molecule has 1 atom stereocenters. The fourth-order valence-electron chi connectivity index (χ4n) is 2.58. The third-order valence-electron chi connectivity index (χ3n) is 4.04. The first-order valence-corrected chi connectivity index (χ1v) is 7.80. The molecule has 0 aliphatic carbocycles. The van der Waals surface area contributed by atoms with Crippen molar-refractivity contribution in [3.8, 4) is 0 Å². The molecule has 1 aliphatic heterocycles. The van der Waals surface area contributed by atoms with Crippen molar-refractivity contribution in [2.75, 3.05) is 33.2 Å². The SMILES string of the molecule is C=C(C)CN1CCC(NC(=O)N(C)CC(C)CC)CC1. The molecule has 1 rings (SSSR count). The number of amides is 2. The number of nitrogens with one attached hydrogen (secondary N) is 1. The van der Waals surface area contributed by atoms with Crippen LogP contribution in [-0.4, -0.2) is 55.1 Å². The van der Waals surface area contributed by atoms with Crippen LogP contribution in [0.25, 0.3) is 0 Å². The van der Waals surface area contributed by atoms with Gasteiger partial charge >= 0.3 is 6.03 Å². The van der Waals surface area contributed by atoms with E-state index in [1.807, 2.05) is 11.9 Å². The number of piperidine rings is 1. The van der Waals surface area contributed by atoms with Crippen LogP contribution >= 0.6 is 0 Å². The van der Waals surface area contributed by atoms with Gasteiger partial charge in [-0.2, -0.15) is 0 Å². The summed E-state index contributed by atoms with van der Waals surface area (Å²) in [5.74, 6) is 0.558. The molecule has 4 nitrogen and oxygen atoms in total. The maximum Gasteiger partial charge on any atom is 0.317 e. The Morgan fingerprint density at radius 1 is 1.45 bits per heavy atom. The minimum absolute atomic E-state index is 0.0728. The molecule has 0 aromatic rings. The Kier molecular flexibility index (Phi) is 7.06. The van der Waals surface area contributed by atoms with Gasteiger partial charge in [-0.3, -0.25) is 4.90 Å². The highest BCUT2D eigenvalue weighted by atomic mass is 16.2. The number of hydrogen-bond acceptors (Lipinski definition) is 2. The zero-order valence-corrected chi connectivity index (χ0v) is 13.6. The Morgan fingerprint density at radius 3 is 2.55 bits per heavy atom. The summed E-state index contributed by atoms with van der Waals surface area (Å²) in [6.07, 6.45) is 3.18. The van der Waals surface area contributed by atoms with Crippen LogP contribution in [0.15, 0.2) is 12.2 Å². The fourth-order valence-corrected chi connectivity index (χ4v) is 2.58. The van der Waals surface area contributed by atoms with Crippen molar-refractivity contribution < 1.29 is 4.79 Å². The first kappa shape index (κ1) is 17.0. The van der Waals surface area contributed by atoms with Gasteiger partial charge in [0.05, 0.1) is 0 Å². The molecule has 0 aromatic carbocycles. The molecule has 1 heterocycles. The minimum Gasteiger partial charge on any atom is -0.335 e. The number of likely N-dealkylation sites (tertiary alicyclic amines) is 1. The summed E-state index contributed by atoms with van der Waals surface area (Å²) in [6, 6.07) is 0.395. The Bertz CT molecular complexity index is 322.